The summed E-state index contributed by atoms with van der Waals surface area (Å²) >= 11 is 0. The second kappa shape index (κ2) is 7.48. The number of amides is 1. The minimum Gasteiger partial charge on any atom is -0.474 e. The van der Waals surface area contributed by atoms with Crippen LogP contribution in [-0.4, -0.2) is 52.7 Å². The van der Waals surface area contributed by atoms with Gasteiger partial charge in [0, 0.05) is 26.6 Å². The van der Waals surface area contributed by atoms with Gasteiger partial charge >= 0.3 is 0 Å². The third-order valence-electron chi connectivity index (χ3n) is 5.26. The van der Waals surface area contributed by atoms with Gasteiger partial charge in [0.05, 0.1) is 17.8 Å². The first-order chi connectivity index (χ1) is 13.4. The number of carbonyl (C=O) groups is 1. The SMILES string of the molecule is CC(=O)N1c2cc(Cc3ccc(F)cc3)c(CN3CC(O)C3)nc2OC[C@@H]1C. The van der Waals surface area contributed by atoms with E-state index in [9.17, 15) is 14.3 Å². The van der Waals surface area contributed by atoms with Crippen LogP contribution in [0.1, 0.15) is 30.7 Å². The van der Waals surface area contributed by atoms with E-state index in [4.69, 9.17) is 9.72 Å². The molecule has 1 atom stereocenters. The van der Waals surface area contributed by atoms with Crippen molar-refractivity contribution in [2.45, 2.75) is 39.0 Å². The lowest BCUT2D eigenvalue weighted by Gasteiger charge is -2.37. The summed E-state index contributed by atoms with van der Waals surface area (Å²) < 4.78 is 19.1. The number of nitrogens with zero attached hydrogens (tertiary/aromatic N) is 3. The van der Waals surface area contributed by atoms with Crippen LogP contribution in [-0.2, 0) is 17.8 Å². The fourth-order valence-electron chi connectivity index (χ4n) is 3.83. The molecule has 1 N–H and O–H groups in total. The molecule has 2 aliphatic heterocycles. The maximum atomic E-state index is 13.3. The third-order valence-corrected chi connectivity index (χ3v) is 5.26. The maximum absolute atomic E-state index is 13.3. The molecule has 148 valence electrons. The number of halogens is 1. The van der Waals surface area contributed by atoms with E-state index >= 15 is 0 Å². The Kier molecular flexibility index (Phi) is 5.03. The van der Waals surface area contributed by atoms with Crippen LogP contribution in [0.2, 0.25) is 0 Å². The van der Waals surface area contributed by atoms with E-state index in [1.807, 2.05) is 13.0 Å². The summed E-state index contributed by atoms with van der Waals surface area (Å²) in [7, 11) is 0. The normalized spacial score (nSPS) is 19.7. The first-order valence-corrected chi connectivity index (χ1v) is 9.51. The fourth-order valence-corrected chi connectivity index (χ4v) is 3.83. The number of aliphatic hydroxyl groups is 1. The lowest BCUT2D eigenvalue weighted by molar-refractivity contribution is -0.117. The van der Waals surface area contributed by atoms with Gasteiger partial charge in [-0.1, -0.05) is 12.1 Å². The molecule has 1 saturated heterocycles. The second-order valence-corrected chi connectivity index (χ2v) is 7.62. The average Bonchev–Trinajstić information content (AvgIpc) is 2.62. The quantitative estimate of drug-likeness (QED) is 0.873. The summed E-state index contributed by atoms with van der Waals surface area (Å²) in [5, 5.41) is 9.58. The van der Waals surface area contributed by atoms with Crippen molar-refractivity contribution < 1.29 is 19.0 Å². The van der Waals surface area contributed by atoms with Gasteiger partial charge < -0.3 is 14.7 Å². The lowest BCUT2D eigenvalue weighted by Crippen LogP contribution is -2.50. The molecule has 0 unspecified atom stereocenters. The maximum Gasteiger partial charge on any atom is 0.238 e. The number of rotatable bonds is 4. The van der Waals surface area contributed by atoms with Crippen LogP contribution in [0, 0.1) is 5.82 Å². The molecular weight excluding hydrogens is 361 g/mol. The van der Waals surface area contributed by atoms with Crippen LogP contribution in [0.4, 0.5) is 10.1 Å². The Morgan fingerprint density at radius 2 is 2.04 bits per heavy atom. The highest BCUT2D eigenvalue weighted by Crippen LogP contribution is 2.35. The molecule has 7 heteroatoms. The molecular formula is C21H24FN3O3. The molecule has 0 radical (unpaired) electrons. The van der Waals surface area contributed by atoms with Crippen molar-refractivity contribution in [2.75, 3.05) is 24.6 Å². The topological polar surface area (TPSA) is 65.9 Å². The van der Waals surface area contributed by atoms with Gasteiger partial charge in [0.15, 0.2) is 0 Å². The smallest absolute Gasteiger partial charge is 0.238 e. The van der Waals surface area contributed by atoms with E-state index in [1.165, 1.54) is 12.1 Å². The first-order valence-electron chi connectivity index (χ1n) is 9.51. The second-order valence-electron chi connectivity index (χ2n) is 7.62. The number of anilines is 1. The van der Waals surface area contributed by atoms with Crippen LogP contribution in [0.25, 0.3) is 0 Å². The largest absolute Gasteiger partial charge is 0.474 e. The number of fused-ring (bicyclic) bond motifs is 1. The van der Waals surface area contributed by atoms with Crippen molar-refractivity contribution in [3.05, 3.63) is 53.0 Å². The summed E-state index contributed by atoms with van der Waals surface area (Å²) in [5.74, 6) is 0.143. The molecule has 1 amide bonds. The highest BCUT2D eigenvalue weighted by molar-refractivity contribution is 5.94. The number of pyridine rings is 1. The Morgan fingerprint density at radius 1 is 1.32 bits per heavy atom. The fraction of sp³-hybridized carbons (Fsp3) is 0.429. The molecule has 1 fully saturated rings. The number of benzene rings is 1. The highest BCUT2D eigenvalue weighted by Gasteiger charge is 2.31. The monoisotopic (exact) mass is 385 g/mol. The molecule has 1 aromatic carbocycles. The summed E-state index contributed by atoms with van der Waals surface area (Å²) in [5.41, 5.74) is 3.46. The zero-order valence-corrected chi connectivity index (χ0v) is 16.1. The lowest BCUT2D eigenvalue weighted by atomic mass is 10.0. The zero-order valence-electron chi connectivity index (χ0n) is 16.1. The number of aliphatic hydroxyl groups excluding tert-OH is 1. The molecule has 0 aliphatic carbocycles. The average molecular weight is 385 g/mol. The summed E-state index contributed by atoms with van der Waals surface area (Å²) in [6.45, 7) is 5.72. The Labute approximate surface area is 163 Å². The van der Waals surface area contributed by atoms with Crippen molar-refractivity contribution in [1.29, 1.82) is 0 Å². The number of aromatic nitrogens is 1. The van der Waals surface area contributed by atoms with Crippen molar-refractivity contribution in [2.24, 2.45) is 0 Å². The molecule has 0 bridgehead atoms. The molecule has 0 saturated carbocycles. The predicted molar refractivity (Wildman–Crippen MR) is 103 cm³/mol. The molecule has 2 aliphatic rings. The highest BCUT2D eigenvalue weighted by atomic mass is 19.1. The van der Waals surface area contributed by atoms with Crippen LogP contribution in [0.3, 0.4) is 0 Å². The Morgan fingerprint density at radius 3 is 2.68 bits per heavy atom. The minimum absolute atomic E-state index is 0.0507. The van der Waals surface area contributed by atoms with Crippen LogP contribution < -0.4 is 9.64 Å². The number of hydrogen-bond acceptors (Lipinski definition) is 5. The van der Waals surface area contributed by atoms with Crippen LogP contribution in [0.5, 0.6) is 5.88 Å². The van der Waals surface area contributed by atoms with E-state index in [0.29, 0.717) is 44.2 Å². The Balaban J connectivity index is 1.71. The first kappa shape index (κ1) is 18.8. The zero-order chi connectivity index (χ0) is 19.8. The molecule has 3 heterocycles. The van der Waals surface area contributed by atoms with Gasteiger partial charge in [-0.3, -0.25) is 9.69 Å². The van der Waals surface area contributed by atoms with Crippen molar-refractivity contribution >= 4 is 11.6 Å². The molecule has 4 rings (SSSR count). The van der Waals surface area contributed by atoms with Gasteiger partial charge in [0.25, 0.3) is 0 Å². The molecule has 6 nitrogen and oxygen atoms in total. The number of likely N-dealkylation sites (tertiary alicyclic amines) is 1. The molecule has 28 heavy (non-hydrogen) atoms. The van der Waals surface area contributed by atoms with E-state index in [0.717, 1.165) is 16.8 Å². The van der Waals surface area contributed by atoms with Crippen molar-refractivity contribution in [1.82, 2.24) is 9.88 Å². The number of carbonyl (C=O) groups excluding carboxylic acids is 1. The van der Waals surface area contributed by atoms with Gasteiger partial charge in [-0.15, -0.1) is 0 Å². The van der Waals surface area contributed by atoms with Crippen LogP contribution >= 0.6 is 0 Å². The molecule has 1 aromatic heterocycles. The van der Waals surface area contributed by atoms with E-state index in [-0.39, 0.29) is 23.9 Å². The minimum atomic E-state index is -0.288. The van der Waals surface area contributed by atoms with Gasteiger partial charge in [0.1, 0.15) is 18.1 Å². The van der Waals surface area contributed by atoms with Gasteiger partial charge in [0.2, 0.25) is 11.8 Å². The third kappa shape index (κ3) is 3.72. The van der Waals surface area contributed by atoms with Crippen LogP contribution in [0.15, 0.2) is 30.3 Å². The molecule has 0 spiro atoms. The van der Waals surface area contributed by atoms with Crippen molar-refractivity contribution in [3.8, 4) is 5.88 Å². The van der Waals surface area contributed by atoms with E-state index < -0.39 is 0 Å². The van der Waals surface area contributed by atoms with E-state index in [2.05, 4.69) is 4.90 Å². The Hall–Kier alpha value is -2.51. The number of ether oxygens (including phenoxy) is 1. The molecule has 2 aromatic rings. The number of β-amino-alcohol motifs (C(OH)–C–C–N with tert-alkyl or cyclic N) is 1. The van der Waals surface area contributed by atoms with Crippen molar-refractivity contribution in [3.63, 3.8) is 0 Å². The predicted octanol–water partition coefficient (Wildman–Crippen LogP) is 2.12. The summed E-state index contributed by atoms with van der Waals surface area (Å²) in [4.78, 5) is 20.8. The summed E-state index contributed by atoms with van der Waals surface area (Å²) in [6, 6.07) is 8.30. The summed E-state index contributed by atoms with van der Waals surface area (Å²) in [6.07, 6.45) is 0.287. The Bertz CT molecular complexity index is 881. The van der Waals surface area contributed by atoms with Gasteiger partial charge in [-0.2, -0.15) is 0 Å². The van der Waals surface area contributed by atoms with Gasteiger partial charge in [-0.05, 0) is 42.7 Å². The van der Waals surface area contributed by atoms with Gasteiger partial charge in [-0.25, -0.2) is 9.37 Å². The van der Waals surface area contributed by atoms with E-state index in [1.54, 1.807) is 24.0 Å². The standard InChI is InChI=1S/C21H24FN3O3/c1-13-12-28-21-20(25(13)14(2)26)8-16(7-15-3-5-17(22)6-4-15)19(23-21)11-24-9-18(27)10-24/h3-6,8,13,18,27H,7,9-12H2,1-2H3/t13-/m0/s1. The number of hydrogen-bond donors (Lipinski definition) is 1.